The number of anilines is 2. The lowest BCUT2D eigenvalue weighted by atomic mass is 9.90. The van der Waals surface area contributed by atoms with Crippen LogP contribution in [-0.2, 0) is 16.0 Å². The fourth-order valence-electron chi connectivity index (χ4n) is 5.29. The second kappa shape index (κ2) is 11.6. The third-order valence-corrected chi connectivity index (χ3v) is 7.92. The van der Waals surface area contributed by atoms with E-state index in [9.17, 15) is 13.2 Å². The number of methoxy groups -OCH3 is 1. The lowest BCUT2D eigenvalue weighted by Crippen LogP contribution is -2.39. The number of hydrogen-bond donors (Lipinski definition) is 2. The van der Waals surface area contributed by atoms with Gasteiger partial charge in [0.25, 0.3) is 0 Å². The van der Waals surface area contributed by atoms with Gasteiger partial charge in [-0.2, -0.15) is 13.2 Å². The Morgan fingerprint density at radius 2 is 1.87 bits per heavy atom. The number of halogens is 3. The Morgan fingerprint density at radius 1 is 1.10 bits per heavy atom. The van der Waals surface area contributed by atoms with Crippen LogP contribution in [0.1, 0.15) is 31.4 Å². The number of nitrogens with one attached hydrogen (secondary N) is 2. The summed E-state index contributed by atoms with van der Waals surface area (Å²) >= 11 is 1.61. The maximum absolute atomic E-state index is 13.6. The number of benzene rings is 2. The van der Waals surface area contributed by atoms with Crippen LogP contribution in [-0.4, -0.2) is 55.7 Å². The van der Waals surface area contributed by atoms with E-state index in [0.29, 0.717) is 30.2 Å². The van der Waals surface area contributed by atoms with Crippen LogP contribution in [0.3, 0.4) is 0 Å². The second-order valence-corrected chi connectivity index (χ2v) is 10.6. The zero-order chi connectivity index (χ0) is 27.5. The minimum absolute atomic E-state index is 0.186. The molecule has 1 saturated carbocycles. The summed E-state index contributed by atoms with van der Waals surface area (Å²) < 4.78 is 59.0. The van der Waals surface area contributed by atoms with Gasteiger partial charge in [0.2, 0.25) is 0 Å². The number of alkyl halides is 3. The van der Waals surface area contributed by atoms with Crippen molar-refractivity contribution in [2.24, 2.45) is 0 Å². The van der Waals surface area contributed by atoms with Crippen LogP contribution in [0.4, 0.5) is 24.5 Å². The molecule has 208 valence electrons. The molecule has 39 heavy (non-hydrogen) atoms. The van der Waals surface area contributed by atoms with Gasteiger partial charge in [0.05, 0.1) is 43.8 Å². The molecule has 2 fully saturated rings. The van der Waals surface area contributed by atoms with Crippen LogP contribution in [0.5, 0.6) is 5.75 Å². The van der Waals surface area contributed by atoms with Crippen molar-refractivity contribution in [1.29, 1.82) is 0 Å². The Morgan fingerprint density at radius 3 is 2.56 bits per heavy atom. The molecule has 1 aliphatic heterocycles. The quantitative estimate of drug-likeness (QED) is 0.255. The average molecular weight is 560 g/mol. The van der Waals surface area contributed by atoms with Crippen LogP contribution in [0.15, 0.2) is 47.4 Å². The molecule has 2 N–H and O–H groups in total. The van der Waals surface area contributed by atoms with Crippen LogP contribution in [0, 0.1) is 11.8 Å². The van der Waals surface area contributed by atoms with E-state index in [0.717, 1.165) is 47.3 Å². The molecule has 1 aliphatic carbocycles. The zero-order valence-electron chi connectivity index (χ0n) is 22.0. The number of rotatable bonds is 7. The van der Waals surface area contributed by atoms with E-state index in [1.807, 2.05) is 30.5 Å². The molecule has 0 atom stereocenters. The molecular formula is C29H32F3N3O3S. The maximum Gasteiger partial charge on any atom is 0.406 e. The fraction of sp³-hybridized carbons (Fsp3) is 0.448. The molecule has 1 saturated heterocycles. The van der Waals surface area contributed by atoms with E-state index < -0.39 is 18.5 Å². The monoisotopic (exact) mass is 559 g/mol. The molecule has 6 nitrogen and oxygen atoms in total. The molecule has 2 heterocycles. The first-order valence-electron chi connectivity index (χ1n) is 13.0. The van der Waals surface area contributed by atoms with E-state index in [1.54, 1.807) is 37.1 Å². The third kappa shape index (κ3) is 6.43. The third-order valence-electron chi connectivity index (χ3n) is 7.20. The zero-order valence-corrected chi connectivity index (χ0v) is 22.8. The topological polar surface area (TPSA) is 56.7 Å². The van der Waals surface area contributed by atoms with Crippen molar-refractivity contribution in [2.45, 2.75) is 55.1 Å². The molecule has 1 spiro atoms. The molecule has 10 heteroatoms. The van der Waals surface area contributed by atoms with Crippen LogP contribution in [0.25, 0.3) is 10.9 Å². The predicted octanol–water partition coefficient (Wildman–Crippen LogP) is 6.50. The minimum atomic E-state index is -4.38. The Kier molecular flexibility index (Phi) is 8.21. The van der Waals surface area contributed by atoms with Gasteiger partial charge in [-0.3, -0.25) is 0 Å². The van der Waals surface area contributed by atoms with Gasteiger partial charge in [0.15, 0.2) is 5.79 Å². The summed E-state index contributed by atoms with van der Waals surface area (Å²) in [7, 11) is 1.60. The van der Waals surface area contributed by atoms with Gasteiger partial charge in [0.1, 0.15) is 12.3 Å². The number of hydrogen-bond acceptors (Lipinski definition) is 6. The van der Waals surface area contributed by atoms with Crippen molar-refractivity contribution in [3.05, 3.63) is 48.2 Å². The summed E-state index contributed by atoms with van der Waals surface area (Å²) in [6.07, 6.45) is 0.918. The summed E-state index contributed by atoms with van der Waals surface area (Å²) in [5.74, 6) is 6.18. The van der Waals surface area contributed by atoms with Gasteiger partial charge in [-0.15, -0.1) is 11.8 Å². The van der Waals surface area contributed by atoms with Gasteiger partial charge >= 0.3 is 6.18 Å². The Hall–Kier alpha value is -3.00. The number of nitrogens with zero attached hydrogens (tertiary/aromatic N) is 1. The highest BCUT2D eigenvalue weighted by Gasteiger charge is 2.40. The molecule has 0 radical (unpaired) electrons. The highest BCUT2D eigenvalue weighted by molar-refractivity contribution is 7.98. The number of thioether (sulfide) groups is 1. The Labute approximate surface area is 230 Å². The minimum Gasteiger partial charge on any atom is -0.495 e. The van der Waals surface area contributed by atoms with E-state index in [-0.39, 0.29) is 12.6 Å². The van der Waals surface area contributed by atoms with Crippen molar-refractivity contribution < 1.29 is 27.4 Å². The fourth-order valence-corrected chi connectivity index (χ4v) is 5.72. The Balaban J connectivity index is 1.36. The van der Waals surface area contributed by atoms with E-state index in [1.165, 1.54) is 4.57 Å². The van der Waals surface area contributed by atoms with Crippen LogP contribution in [0.2, 0.25) is 0 Å². The molecule has 0 unspecified atom stereocenters. The van der Waals surface area contributed by atoms with Gasteiger partial charge in [-0.1, -0.05) is 12.0 Å². The second-order valence-electron chi connectivity index (χ2n) is 9.72. The summed E-state index contributed by atoms with van der Waals surface area (Å²) in [5.41, 5.74) is 2.40. The summed E-state index contributed by atoms with van der Waals surface area (Å²) in [6.45, 7) is 0.395. The van der Waals surface area contributed by atoms with Gasteiger partial charge in [-0.25, -0.2) is 0 Å². The van der Waals surface area contributed by atoms with Crippen molar-refractivity contribution in [1.82, 2.24) is 4.57 Å². The lowest BCUT2D eigenvalue weighted by Gasteiger charge is -2.36. The van der Waals surface area contributed by atoms with E-state index >= 15 is 0 Å². The summed E-state index contributed by atoms with van der Waals surface area (Å²) in [4.78, 5) is 1.07. The SMILES string of the molecule is COc1cc(SC)ccc1NCC#Cc1cc2c(NC3CCC4(CC3)OCCO4)cccc2n1CC(F)(F)F. The van der Waals surface area contributed by atoms with E-state index in [2.05, 4.69) is 22.5 Å². The molecular weight excluding hydrogens is 527 g/mol. The van der Waals surface area contributed by atoms with Crippen molar-refractivity contribution in [2.75, 3.05) is 43.8 Å². The van der Waals surface area contributed by atoms with Gasteiger partial charge in [0, 0.05) is 34.9 Å². The predicted molar refractivity (Wildman–Crippen MR) is 149 cm³/mol. The largest absolute Gasteiger partial charge is 0.495 e. The van der Waals surface area contributed by atoms with Gasteiger partial charge < -0.3 is 29.4 Å². The average Bonchev–Trinajstić information content (AvgIpc) is 3.52. The van der Waals surface area contributed by atoms with Crippen LogP contribution < -0.4 is 15.4 Å². The normalized spacial score (nSPS) is 17.3. The molecule has 3 aromatic rings. The maximum atomic E-state index is 13.6. The van der Waals surface area contributed by atoms with Gasteiger partial charge in [-0.05, 0) is 61.4 Å². The summed E-state index contributed by atoms with van der Waals surface area (Å²) in [5, 5.41) is 7.49. The molecule has 0 amide bonds. The number of fused-ring (bicyclic) bond motifs is 1. The Bertz CT molecular complexity index is 1360. The molecule has 1 aromatic heterocycles. The first-order chi connectivity index (χ1) is 18.8. The molecule has 0 bridgehead atoms. The van der Waals surface area contributed by atoms with Crippen molar-refractivity contribution in [3.8, 4) is 17.6 Å². The highest BCUT2D eigenvalue weighted by Crippen LogP contribution is 2.38. The van der Waals surface area contributed by atoms with Crippen molar-refractivity contribution in [3.63, 3.8) is 0 Å². The number of aromatic nitrogens is 1. The first-order valence-corrected chi connectivity index (χ1v) is 14.2. The summed E-state index contributed by atoms with van der Waals surface area (Å²) in [6, 6.07) is 13.1. The lowest BCUT2D eigenvalue weighted by molar-refractivity contribution is -0.177. The molecule has 2 aromatic carbocycles. The molecule has 5 rings (SSSR count). The van der Waals surface area contributed by atoms with Crippen LogP contribution >= 0.6 is 11.8 Å². The first kappa shape index (κ1) is 27.6. The standard InChI is InChI=1S/C29H32F3N3O3S/c1-36-27-18-22(39-2)8-9-25(27)33-14-4-5-21-17-23-24(6-3-7-26(23)35(21)19-29(30,31)32)34-20-10-12-28(13-11-20)37-15-16-38-28/h3,6-9,17-18,20,33-34H,10-16,19H2,1-2H3. The number of ether oxygens (including phenoxy) is 3. The molecule has 2 aliphatic rings. The van der Waals surface area contributed by atoms with E-state index in [4.69, 9.17) is 14.2 Å². The highest BCUT2D eigenvalue weighted by atomic mass is 32.2. The van der Waals surface area contributed by atoms with Crippen molar-refractivity contribution >= 4 is 34.0 Å². The smallest absolute Gasteiger partial charge is 0.406 e.